The Morgan fingerprint density at radius 3 is 2.79 bits per heavy atom. The van der Waals surface area contributed by atoms with Gasteiger partial charge in [0.2, 0.25) is 5.91 Å². The van der Waals surface area contributed by atoms with Crippen molar-refractivity contribution >= 4 is 33.1 Å². The highest BCUT2D eigenvalue weighted by Gasteiger charge is 2.11. The number of non-ortho nitro benzene ring substituents is 1. The highest BCUT2D eigenvalue weighted by atomic mass is 32.1. The molecule has 0 aliphatic rings. The first kappa shape index (κ1) is 13.4. The van der Waals surface area contributed by atoms with Gasteiger partial charge in [-0.25, -0.2) is 0 Å². The van der Waals surface area contributed by atoms with E-state index in [1.165, 1.54) is 23.5 Å². The molecule has 1 aromatic carbocycles. The molecule has 2 rings (SSSR count). The van der Waals surface area contributed by atoms with Crippen molar-refractivity contribution in [2.45, 2.75) is 26.8 Å². The van der Waals surface area contributed by atoms with Gasteiger partial charge in [-0.1, -0.05) is 18.3 Å². The van der Waals surface area contributed by atoms with E-state index in [9.17, 15) is 14.9 Å². The van der Waals surface area contributed by atoms with Gasteiger partial charge in [0.15, 0.2) is 4.80 Å². The lowest BCUT2D eigenvalue weighted by Crippen LogP contribution is -2.15. The monoisotopic (exact) mass is 279 g/mol. The number of benzene rings is 1. The van der Waals surface area contributed by atoms with Crippen LogP contribution in [0, 0.1) is 10.1 Å². The van der Waals surface area contributed by atoms with E-state index in [4.69, 9.17) is 0 Å². The number of nitro groups is 1. The highest BCUT2D eigenvalue weighted by Crippen LogP contribution is 2.23. The fourth-order valence-electron chi connectivity index (χ4n) is 1.75. The van der Waals surface area contributed by atoms with E-state index in [0.29, 0.717) is 17.8 Å². The molecular formula is C12H13N3O3S. The van der Waals surface area contributed by atoms with Gasteiger partial charge in [-0.05, 0) is 13.0 Å². The number of hydrogen-bond acceptors (Lipinski definition) is 4. The number of hydrogen-bond donors (Lipinski definition) is 0. The summed E-state index contributed by atoms with van der Waals surface area (Å²) >= 11 is 1.29. The first-order valence-corrected chi connectivity index (χ1v) is 6.73. The number of nitro benzene ring substituents is 1. The third-order valence-corrected chi connectivity index (χ3v) is 3.76. The van der Waals surface area contributed by atoms with Crippen molar-refractivity contribution in [2.24, 2.45) is 4.99 Å². The summed E-state index contributed by atoms with van der Waals surface area (Å²) < 4.78 is 2.65. The molecule has 100 valence electrons. The smallest absolute Gasteiger partial charge is 0.270 e. The molecule has 1 amide bonds. The van der Waals surface area contributed by atoms with E-state index in [2.05, 4.69) is 4.99 Å². The minimum Gasteiger partial charge on any atom is -0.317 e. The summed E-state index contributed by atoms with van der Waals surface area (Å²) in [6.07, 6.45) is 0.345. The Labute approximate surface area is 113 Å². The molecule has 0 aliphatic heterocycles. The van der Waals surface area contributed by atoms with E-state index in [1.54, 1.807) is 13.0 Å². The molecule has 0 N–H and O–H groups in total. The van der Waals surface area contributed by atoms with Crippen LogP contribution in [-0.4, -0.2) is 15.4 Å². The van der Waals surface area contributed by atoms with Crippen LogP contribution < -0.4 is 4.80 Å². The van der Waals surface area contributed by atoms with Gasteiger partial charge in [-0.15, -0.1) is 0 Å². The summed E-state index contributed by atoms with van der Waals surface area (Å²) in [5.74, 6) is -0.191. The van der Waals surface area contributed by atoms with Gasteiger partial charge in [-0.3, -0.25) is 14.9 Å². The SMILES string of the molecule is CCC(=O)N=c1sc2cc([N+](=O)[O-])ccc2n1CC. The molecule has 1 heterocycles. The van der Waals surface area contributed by atoms with Crippen molar-refractivity contribution in [3.63, 3.8) is 0 Å². The molecule has 0 fully saturated rings. The van der Waals surface area contributed by atoms with Crippen molar-refractivity contribution in [1.82, 2.24) is 4.57 Å². The van der Waals surface area contributed by atoms with Crippen LogP contribution in [-0.2, 0) is 11.3 Å². The molecule has 1 aromatic heterocycles. The minimum atomic E-state index is -0.427. The Morgan fingerprint density at radius 2 is 2.21 bits per heavy atom. The second-order valence-corrected chi connectivity index (χ2v) is 4.91. The molecule has 2 aromatic rings. The maximum absolute atomic E-state index is 11.4. The average molecular weight is 279 g/mol. The topological polar surface area (TPSA) is 77.5 Å². The van der Waals surface area contributed by atoms with Gasteiger partial charge in [0.25, 0.3) is 5.69 Å². The zero-order valence-corrected chi connectivity index (χ0v) is 11.4. The number of fused-ring (bicyclic) bond motifs is 1. The maximum Gasteiger partial charge on any atom is 0.270 e. The Kier molecular flexibility index (Phi) is 3.75. The fraction of sp³-hybridized carbons (Fsp3) is 0.333. The molecule has 0 radical (unpaired) electrons. The lowest BCUT2D eigenvalue weighted by atomic mass is 10.3. The predicted octanol–water partition coefficient (Wildman–Crippen LogP) is 2.47. The van der Waals surface area contributed by atoms with E-state index in [-0.39, 0.29) is 11.6 Å². The number of aryl methyl sites for hydroxylation is 1. The number of amides is 1. The molecule has 0 unspecified atom stereocenters. The summed E-state index contributed by atoms with van der Waals surface area (Å²) in [4.78, 5) is 26.4. The van der Waals surface area contributed by atoms with Crippen LogP contribution in [0.4, 0.5) is 5.69 Å². The van der Waals surface area contributed by atoms with Crippen LogP contribution in [0.2, 0.25) is 0 Å². The number of carbonyl (C=O) groups is 1. The van der Waals surface area contributed by atoms with E-state index in [0.717, 1.165) is 10.2 Å². The fourth-order valence-corrected chi connectivity index (χ4v) is 2.90. The Bertz CT molecular complexity index is 715. The van der Waals surface area contributed by atoms with Gasteiger partial charge < -0.3 is 4.57 Å². The lowest BCUT2D eigenvalue weighted by molar-refractivity contribution is -0.384. The molecule has 6 nitrogen and oxygen atoms in total. The number of carbonyl (C=O) groups excluding carboxylic acids is 1. The Balaban J connectivity index is 2.70. The molecule has 7 heteroatoms. The van der Waals surface area contributed by atoms with Crippen LogP contribution in [0.15, 0.2) is 23.2 Å². The lowest BCUT2D eigenvalue weighted by Gasteiger charge is -1.99. The molecule has 0 spiro atoms. The predicted molar refractivity (Wildman–Crippen MR) is 73.0 cm³/mol. The molecular weight excluding hydrogens is 266 g/mol. The normalized spacial score (nSPS) is 12.0. The third-order valence-electron chi connectivity index (χ3n) is 2.72. The van der Waals surface area contributed by atoms with Gasteiger partial charge in [0.1, 0.15) is 0 Å². The van der Waals surface area contributed by atoms with Crippen molar-refractivity contribution in [3.8, 4) is 0 Å². The second kappa shape index (κ2) is 5.31. The van der Waals surface area contributed by atoms with Crippen LogP contribution >= 0.6 is 11.3 Å². The largest absolute Gasteiger partial charge is 0.317 e. The maximum atomic E-state index is 11.4. The van der Waals surface area contributed by atoms with E-state index >= 15 is 0 Å². The van der Waals surface area contributed by atoms with Crippen molar-refractivity contribution < 1.29 is 9.72 Å². The first-order chi connectivity index (χ1) is 9.06. The Hall–Kier alpha value is -2.02. The van der Waals surface area contributed by atoms with Gasteiger partial charge in [0, 0.05) is 25.1 Å². The zero-order valence-electron chi connectivity index (χ0n) is 10.6. The number of nitrogens with zero attached hydrogens (tertiary/aromatic N) is 3. The summed E-state index contributed by atoms with van der Waals surface area (Å²) in [5.41, 5.74) is 0.908. The number of thiazole rings is 1. The van der Waals surface area contributed by atoms with Crippen LogP contribution in [0.3, 0.4) is 0 Å². The van der Waals surface area contributed by atoms with Crippen molar-refractivity contribution in [3.05, 3.63) is 33.1 Å². The quantitative estimate of drug-likeness (QED) is 0.639. The number of rotatable bonds is 3. The van der Waals surface area contributed by atoms with Gasteiger partial charge in [-0.2, -0.15) is 4.99 Å². The van der Waals surface area contributed by atoms with Crippen molar-refractivity contribution in [1.29, 1.82) is 0 Å². The minimum absolute atomic E-state index is 0.0466. The number of aromatic nitrogens is 1. The van der Waals surface area contributed by atoms with E-state index in [1.807, 2.05) is 11.5 Å². The summed E-state index contributed by atoms with van der Waals surface area (Å²) in [6.45, 7) is 4.36. The van der Waals surface area contributed by atoms with Crippen LogP contribution in [0.1, 0.15) is 20.3 Å². The zero-order chi connectivity index (χ0) is 14.0. The molecule has 0 saturated carbocycles. The molecule has 0 aliphatic carbocycles. The third kappa shape index (κ3) is 2.55. The van der Waals surface area contributed by atoms with E-state index < -0.39 is 4.92 Å². The Morgan fingerprint density at radius 1 is 1.47 bits per heavy atom. The molecule has 19 heavy (non-hydrogen) atoms. The van der Waals surface area contributed by atoms with Crippen LogP contribution in [0.25, 0.3) is 10.2 Å². The summed E-state index contributed by atoms with van der Waals surface area (Å²) in [7, 11) is 0. The summed E-state index contributed by atoms with van der Waals surface area (Å²) in [6, 6.07) is 4.68. The standard InChI is InChI=1S/C12H13N3O3S/c1-3-11(16)13-12-14(4-2)9-6-5-8(15(17)18)7-10(9)19-12/h5-7H,3-4H2,1-2H3. The van der Waals surface area contributed by atoms with Crippen LogP contribution in [0.5, 0.6) is 0 Å². The average Bonchev–Trinajstić information content (AvgIpc) is 2.74. The van der Waals surface area contributed by atoms with Gasteiger partial charge in [0.05, 0.1) is 15.1 Å². The molecule has 0 atom stereocenters. The van der Waals surface area contributed by atoms with Gasteiger partial charge >= 0.3 is 0 Å². The highest BCUT2D eigenvalue weighted by molar-refractivity contribution is 7.16. The molecule has 0 bridgehead atoms. The summed E-state index contributed by atoms with van der Waals surface area (Å²) in [5, 5.41) is 10.8. The second-order valence-electron chi connectivity index (χ2n) is 3.90. The first-order valence-electron chi connectivity index (χ1n) is 5.92. The van der Waals surface area contributed by atoms with Crippen molar-refractivity contribution in [2.75, 3.05) is 0 Å². The molecule has 0 saturated heterocycles.